The van der Waals surface area contributed by atoms with E-state index in [0.29, 0.717) is 5.88 Å². The van der Waals surface area contributed by atoms with Crippen molar-refractivity contribution in [3.63, 3.8) is 0 Å². The van der Waals surface area contributed by atoms with Gasteiger partial charge in [0.25, 0.3) is 0 Å². The van der Waals surface area contributed by atoms with Crippen molar-refractivity contribution in [2.75, 3.05) is 0 Å². The van der Waals surface area contributed by atoms with Gasteiger partial charge in [-0.05, 0) is 11.4 Å². The first-order chi connectivity index (χ1) is 5.77. The molecule has 2 aromatic rings. The van der Waals surface area contributed by atoms with Crippen LogP contribution in [0.2, 0.25) is 0 Å². The van der Waals surface area contributed by atoms with Crippen molar-refractivity contribution in [1.82, 2.24) is 4.98 Å². The molecule has 0 fully saturated rings. The highest BCUT2D eigenvalue weighted by Crippen LogP contribution is 2.28. The molecule has 0 saturated carbocycles. The molecule has 5 heteroatoms. The van der Waals surface area contributed by atoms with Crippen LogP contribution >= 0.6 is 11.3 Å². The van der Waals surface area contributed by atoms with Crippen molar-refractivity contribution in [2.45, 2.75) is 0 Å². The summed E-state index contributed by atoms with van der Waals surface area (Å²) >= 11 is 1.53. The van der Waals surface area contributed by atoms with E-state index in [9.17, 15) is 4.79 Å². The molecule has 4 nitrogen and oxygen atoms in total. The van der Waals surface area contributed by atoms with Crippen LogP contribution in [0.1, 0.15) is 0 Å². The number of rotatable bonds is 1. The van der Waals surface area contributed by atoms with Crippen LogP contribution in [0, 0.1) is 0 Å². The lowest BCUT2D eigenvalue weighted by Crippen LogP contribution is -2.02. The van der Waals surface area contributed by atoms with Gasteiger partial charge in [0.1, 0.15) is 0 Å². The van der Waals surface area contributed by atoms with Gasteiger partial charge in [0.2, 0.25) is 5.88 Å². The van der Waals surface area contributed by atoms with Crippen LogP contribution < -0.4 is 4.74 Å². The molecule has 62 valence electrons. The molecule has 2 rings (SSSR count). The molecular weight excluding hydrogens is 178 g/mol. The molecule has 0 saturated heterocycles. The first-order valence-corrected chi connectivity index (χ1v) is 4.10. The summed E-state index contributed by atoms with van der Waals surface area (Å²) in [6, 6.07) is 1.81. The standard InChI is InChI=1S/C7H5NO3S/c9-7(10)11-6-4-1-2-12-5(4)3-8-6/h1-3,8H,(H,9,10). The summed E-state index contributed by atoms with van der Waals surface area (Å²) in [4.78, 5) is 12.9. The largest absolute Gasteiger partial charge is 0.512 e. The molecule has 0 spiro atoms. The van der Waals surface area contributed by atoms with Gasteiger partial charge in [-0.3, -0.25) is 0 Å². The van der Waals surface area contributed by atoms with Crippen molar-refractivity contribution < 1.29 is 14.6 Å². The summed E-state index contributed by atoms with van der Waals surface area (Å²) in [7, 11) is 0. The Balaban J connectivity index is 2.47. The number of ether oxygens (including phenoxy) is 1. The van der Waals surface area contributed by atoms with Gasteiger partial charge in [-0.2, -0.15) is 0 Å². The average Bonchev–Trinajstić information content (AvgIpc) is 2.52. The van der Waals surface area contributed by atoms with Crippen LogP contribution in [0.15, 0.2) is 17.6 Å². The summed E-state index contributed by atoms with van der Waals surface area (Å²) < 4.78 is 5.49. The molecule has 0 bridgehead atoms. The fraction of sp³-hybridized carbons (Fsp3) is 0. The number of fused-ring (bicyclic) bond motifs is 1. The summed E-state index contributed by atoms with van der Waals surface area (Å²) in [6.07, 6.45) is 0.420. The normalized spacial score (nSPS) is 10.3. The topological polar surface area (TPSA) is 62.3 Å². The monoisotopic (exact) mass is 183 g/mol. The van der Waals surface area contributed by atoms with Crippen molar-refractivity contribution >= 4 is 27.6 Å². The van der Waals surface area contributed by atoms with Crippen LogP contribution in [0.4, 0.5) is 4.79 Å². The van der Waals surface area contributed by atoms with Crippen LogP contribution in [0.3, 0.4) is 0 Å². The first kappa shape index (κ1) is 7.17. The lowest BCUT2D eigenvalue weighted by molar-refractivity contribution is 0.143. The summed E-state index contributed by atoms with van der Waals surface area (Å²) in [5, 5.41) is 11.0. The third kappa shape index (κ3) is 1.04. The third-order valence-electron chi connectivity index (χ3n) is 1.46. The van der Waals surface area contributed by atoms with E-state index in [-0.39, 0.29) is 0 Å². The lowest BCUT2D eigenvalue weighted by atomic mass is 10.4. The summed E-state index contributed by atoms with van der Waals surface area (Å²) in [5.41, 5.74) is 0. The Hall–Kier alpha value is -1.49. The molecule has 0 amide bonds. The number of carboxylic acid groups (broad SMARTS) is 1. The van der Waals surface area contributed by atoms with Gasteiger partial charge in [0, 0.05) is 6.20 Å². The molecule has 0 unspecified atom stereocenters. The van der Waals surface area contributed by atoms with E-state index in [4.69, 9.17) is 5.11 Å². The van der Waals surface area contributed by atoms with Gasteiger partial charge in [0.05, 0.1) is 10.1 Å². The Morgan fingerprint density at radius 1 is 1.67 bits per heavy atom. The Labute approximate surface area is 71.4 Å². The van der Waals surface area contributed by atoms with Crippen LogP contribution in [0.25, 0.3) is 10.1 Å². The minimum Gasteiger partial charge on any atom is -0.449 e. The quantitative estimate of drug-likeness (QED) is 0.666. The zero-order valence-electron chi connectivity index (χ0n) is 5.90. The van der Waals surface area contributed by atoms with Gasteiger partial charge >= 0.3 is 6.16 Å². The van der Waals surface area contributed by atoms with Crippen molar-refractivity contribution in [3.05, 3.63) is 17.6 Å². The fourth-order valence-corrected chi connectivity index (χ4v) is 1.77. The number of thiophene rings is 1. The number of nitrogens with one attached hydrogen (secondary N) is 1. The SMILES string of the molecule is O=C(O)Oc1[nH]cc2sccc12. The number of aromatic amines is 1. The van der Waals surface area contributed by atoms with Crippen molar-refractivity contribution in [1.29, 1.82) is 0 Å². The number of H-pyrrole nitrogens is 1. The zero-order chi connectivity index (χ0) is 8.55. The van der Waals surface area contributed by atoms with Gasteiger partial charge < -0.3 is 14.8 Å². The molecule has 2 aromatic heterocycles. The Bertz CT molecular complexity index is 417. The Morgan fingerprint density at radius 3 is 3.25 bits per heavy atom. The maximum Gasteiger partial charge on any atom is 0.512 e. The molecule has 0 aliphatic carbocycles. The molecule has 0 aliphatic rings. The second-order valence-electron chi connectivity index (χ2n) is 2.18. The average molecular weight is 183 g/mol. The molecule has 0 aromatic carbocycles. The predicted molar refractivity (Wildman–Crippen MR) is 44.8 cm³/mol. The third-order valence-corrected chi connectivity index (χ3v) is 2.33. The maximum absolute atomic E-state index is 10.2. The number of hydrogen-bond acceptors (Lipinski definition) is 3. The van der Waals surface area contributed by atoms with Gasteiger partial charge in [-0.15, -0.1) is 11.3 Å². The highest BCUT2D eigenvalue weighted by atomic mass is 32.1. The van der Waals surface area contributed by atoms with E-state index in [2.05, 4.69) is 9.72 Å². The molecule has 12 heavy (non-hydrogen) atoms. The first-order valence-electron chi connectivity index (χ1n) is 3.23. The minimum atomic E-state index is -1.30. The molecule has 0 radical (unpaired) electrons. The molecule has 0 atom stereocenters. The van der Waals surface area contributed by atoms with E-state index in [1.54, 1.807) is 6.20 Å². The summed E-state index contributed by atoms with van der Waals surface area (Å²) in [6.45, 7) is 0. The van der Waals surface area contributed by atoms with Crippen LogP contribution in [-0.4, -0.2) is 16.2 Å². The van der Waals surface area contributed by atoms with Gasteiger partial charge in [-0.1, -0.05) is 0 Å². The smallest absolute Gasteiger partial charge is 0.449 e. The van der Waals surface area contributed by atoms with Gasteiger partial charge in [0.15, 0.2) is 0 Å². The Kier molecular flexibility index (Phi) is 1.51. The molecule has 2 N–H and O–H groups in total. The second kappa shape index (κ2) is 2.53. The predicted octanol–water partition coefficient (Wildman–Crippen LogP) is 2.29. The number of carbonyl (C=O) groups is 1. The maximum atomic E-state index is 10.2. The highest BCUT2D eigenvalue weighted by molar-refractivity contribution is 7.17. The Morgan fingerprint density at radius 2 is 2.50 bits per heavy atom. The van der Waals surface area contributed by atoms with E-state index < -0.39 is 6.16 Å². The summed E-state index contributed by atoms with van der Waals surface area (Å²) in [5.74, 6) is 0.291. The van der Waals surface area contributed by atoms with Crippen molar-refractivity contribution in [3.8, 4) is 5.88 Å². The van der Waals surface area contributed by atoms with Crippen LogP contribution in [0.5, 0.6) is 5.88 Å². The molecular formula is C7H5NO3S. The number of hydrogen-bond donors (Lipinski definition) is 2. The fourth-order valence-electron chi connectivity index (χ4n) is 1.00. The van der Waals surface area contributed by atoms with Crippen molar-refractivity contribution in [2.24, 2.45) is 0 Å². The molecule has 2 heterocycles. The van der Waals surface area contributed by atoms with E-state index in [1.807, 2.05) is 11.4 Å². The lowest BCUT2D eigenvalue weighted by Gasteiger charge is -1.93. The van der Waals surface area contributed by atoms with Gasteiger partial charge in [-0.25, -0.2) is 4.79 Å². The molecule has 0 aliphatic heterocycles. The van der Waals surface area contributed by atoms with E-state index >= 15 is 0 Å². The van der Waals surface area contributed by atoms with E-state index in [0.717, 1.165) is 10.1 Å². The minimum absolute atomic E-state index is 0.291. The number of aromatic nitrogens is 1. The highest BCUT2D eigenvalue weighted by Gasteiger charge is 2.08. The zero-order valence-corrected chi connectivity index (χ0v) is 6.72. The van der Waals surface area contributed by atoms with E-state index in [1.165, 1.54) is 11.3 Å². The second-order valence-corrected chi connectivity index (χ2v) is 3.13. The van der Waals surface area contributed by atoms with Crippen LogP contribution in [-0.2, 0) is 0 Å².